The third-order valence-electron chi connectivity index (χ3n) is 4.91. The molecule has 1 rings (SSSR count). The molecule has 1 aliphatic carbocycles. The van der Waals surface area contributed by atoms with Crippen molar-refractivity contribution in [1.29, 1.82) is 0 Å². The smallest absolute Gasteiger partial charge is 0.0241 e. The van der Waals surface area contributed by atoms with Gasteiger partial charge in [-0.1, -0.05) is 40.5 Å². The molecule has 0 aromatic heterocycles. The first kappa shape index (κ1) is 15.0. The number of hydrogen-bond donors (Lipinski definition) is 2. The molecule has 0 heterocycles. The molecular formula is C15H32N2. The maximum Gasteiger partial charge on any atom is 0.0241 e. The second-order valence-electron chi connectivity index (χ2n) is 6.69. The van der Waals surface area contributed by atoms with E-state index in [0.29, 0.717) is 11.5 Å². The van der Waals surface area contributed by atoms with E-state index >= 15 is 0 Å². The van der Waals surface area contributed by atoms with E-state index in [1.165, 1.54) is 44.9 Å². The lowest BCUT2D eigenvalue weighted by atomic mass is 9.70. The van der Waals surface area contributed by atoms with Crippen molar-refractivity contribution in [3.63, 3.8) is 0 Å². The Bertz CT molecular complexity index is 199. The van der Waals surface area contributed by atoms with E-state index in [2.05, 4.69) is 33.1 Å². The van der Waals surface area contributed by atoms with Crippen molar-refractivity contribution in [3.8, 4) is 0 Å². The first-order valence-electron chi connectivity index (χ1n) is 7.48. The summed E-state index contributed by atoms with van der Waals surface area (Å²) in [7, 11) is 0. The quantitative estimate of drug-likeness (QED) is 0.546. The Morgan fingerprint density at radius 2 is 1.71 bits per heavy atom. The summed E-state index contributed by atoms with van der Waals surface area (Å²) >= 11 is 0. The second-order valence-corrected chi connectivity index (χ2v) is 6.69. The van der Waals surface area contributed by atoms with Crippen LogP contribution in [0.5, 0.6) is 0 Å². The van der Waals surface area contributed by atoms with E-state index in [1.54, 1.807) is 0 Å². The lowest BCUT2D eigenvalue weighted by Gasteiger charge is -2.38. The normalized spacial score (nSPS) is 22.9. The highest BCUT2D eigenvalue weighted by Crippen LogP contribution is 2.40. The van der Waals surface area contributed by atoms with Crippen LogP contribution in [0, 0.1) is 17.3 Å². The molecule has 17 heavy (non-hydrogen) atoms. The van der Waals surface area contributed by atoms with Gasteiger partial charge >= 0.3 is 0 Å². The molecule has 0 bridgehead atoms. The van der Waals surface area contributed by atoms with E-state index in [-0.39, 0.29) is 0 Å². The van der Waals surface area contributed by atoms with E-state index in [1.807, 2.05) is 0 Å². The third-order valence-corrected chi connectivity index (χ3v) is 4.91. The van der Waals surface area contributed by atoms with Crippen LogP contribution in [0.3, 0.4) is 0 Å². The van der Waals surface area contributed by atoms with Crippen molar-refractivity contribution in [1.82, 2.24) is 5.43 Å². The van der Waals surface area contributed by atoms with Gasteiger partial charge in [-0.05, 0) is 49.4 Å². The number of nitrogens with one attached hydrogen (secondary N) is 1. The van der Waals surface area contributed by atoms with Crippen molar-refractivity contribution in [3.05, 3.63) is 0 Å². The van der Waals surface area contributed by atoms with Crippen molar-refractivity contribution >= 4 is 0 Å². The highest BCUT2D eigenvalue weighted by Gasteiger charge is 2.31. The Hall–Kier alpha value is -0.0800. The fourth-order valence-corrected chi connectivity index (χ4v) is 3.20. The van der Waals surface area contributed by atoms with E-state index < -0.39 is 0 Å². The number of nitrogens with two attached hydrogens (primary N) is 1. The molecule has 1 unspecified atom stereocenters. The van der Waals surface area contributed by atoms with Gasteiger partial charge < -0.3 is 0 Å². The van der Waals surface area contributed by atoms with Crippen LogP contribution in [0.1, 0.15) is 72.6 Å². The molecular weight excluding hydrogens is 208 g/mol. The molecule has 1 atom stereocenters. The molecule has 0 aromatic rings. The number of rotatable bonds is 6. The fourth-order valence-electron chi connectivity index (χ4n) is 3.20. The summed E-state index contributed by atoms with van der Waals surface area (Å²) in [5.41, 5.74) is 3.66. The highest BCUT2D eigenvalue weighted by atomic mass is 15.2. The van der Waals surface area contributed by atoms with Crippen LogP contribution in [-0.2, 0) is 0 Å². The highest BCUT2D eigenvalue weighted by molar-refractivity contribution is 4.85. The Morgan fingerprint density at radius 3 is 2.12 bits per heavy atom. The van der Waals surface area contributed by atoms with E-state index in [0.717, 1.165) is 11.8 Å². The first-order chi connectivity index (χ1) is 8.02. The Balaban J connectivity index is 2.46. The van der Waals surface area contributed by atoms with E-state index in [9.17, 15) is 0 Å². The Morgan fingerprint density at radius 1 is 1.18 bits per heavy atom. The predicted molar refractivity (Wildman–Crippen MR) is 75.5 cm³/mol. The second kappa shape index (κ2) is 6.75. The van der Waals surface area contributed by atoms with Crippen LogP contribution < -0.4 is 11.3 Å². The summed E-state index contributed by atoms with van der Waals surface area (Å²) in [5.74, 6) is 7.42. The number of hydrogen-bond acceptors (Lipinski definition) is 2. The summed E-state index contributed by atoms with van der Waals surface area (Å²) < 4.78 is 0. The van der Waals surface area contributed by atoms with Gasteiger partial charge in [-0.25, -0.2) is 0 Å². The first-order valence-corrected chi connectivity index (χ1v) is 7.48. The van der Waals surface area contributed by atoms with Gasteiger partial charge in [0.25, 0.3) is 0 Å². The fraction of sp³-hybridized carbons (Fsp3) is 1.00. The minimum atomic E-state index is 0.538. The van der Waals surface area contributed by atoms with Crippen molar-refractivity contribution in [2.45, 2.75) is 78.7 Å². The van der Waals surface area contributed by atoms with Gasteiger partial charge in [0, 0.05) is 6.04 Å². The lowest BCUT2D eigenvalue weighted by Crippen LogP contribution is -2.44. The van der Waals surface area contributed by atoms with Gasteiger partial charge in [0.1, 0.15) is 0 Å². The predicted octanol–water partition coefficient (Wildman–Crippen LogP) is 3.86. The maximum atomic E-state index is 5.78. The number of hydrazine groups is 1. The van der Waals surface area contributed by atoms with Crippen molar-refractivity contribution < 1.29 is 0 Å². The molecule has 2 heteroatoms. The van der Waals surface area contributed by atoms with Gasteiger partial charge in [0.2, 0.25) is 0 Å². The molecule has 0 saturated heterocycles. The van der Waals surface area contributed by atoms with Crippen LogP contribution >= 0.6 is 0 Å². The molecule has 0 spiro atoms. The van der Waals surface area contributed by atoms with E-state index in [4.69, 9.17) is 5.84 Å². The largest absolute Gasteiger partial charge is 0.271 e. The van der Waals surface area contributed by atoms with Gasteiger partial charge in [0.15, 0.2) is 0 Å². The topological polar surface area (TPSA) is 38.0 Å². The van der Waals surface area contributed by atoms with Gasteiger partial charge in [-0.3, -0.25) is 11.3 Å². The van der Waals surface area contributed by atoms with Crippen LogP contribution in [-0.4, -0.2) is 6.04 Å². The summed E-state index contributed by atoms with van der Waals surface area (Å²) in [6, 6.07) is 0.538. The minimum absolute atomic E-state index is 0.538. The van der Waals surface area contributed by atoms with Gasteiger partial charge in [0.05, 0.1) is 0 Å². The molecule has 1 aliphatic rings. The molecule has 1 saturated carbocycles. The summed E-state index contributed by atoms with van der Waals surface area (Å²) in [4.78, 5) is 0. The van der Waals surface area contributed by atoms with Gasteiger partial charge in [-0.2, -0.15) is 0 Å². The van der Waals surface area contributed by atoms with Crippen LogP contribution in [0.4, 0.5) is 0 Å². The molecule has 3 N–H and O–H groups in total. The maximum absolute atomic E-state index is 5.78. The summed E-state index contributed by atoms with van der Waals surface area (Å²) in [6.45, 7) is 9.39. The van der Waals surface area contributed by atoms with Crippen LogP contribution in [0.15, 0.2) is 0 Å². The SMILES string of the molecule is CCC(CC)CC(NN)C1CCC(C)(C)CC1. The summed E-state index contributed by atoms with van der Waals surface area (Å²) in [6.07, 6.45) is 9.25. The zero-order valence-electron chi connectivity index (χ0n) is 12.3. The molecule has 0 amide bonds. The molecule has 0 aromatic carbocycles. The van der Waals surface area contributed by atoms with Crippen LogP contribution in [0.2, 0.25) is 0 Å². The monoisotopic (exact) mass is 240 g/mol. The zero-order valence-corrected chi connectivity index (χ0v) is 12.3. The standard InChI is InChI=1S/C15H32N2/c1-5-12(6-2)11-14(17-16)13-7-9-15(3,4)10-8-13/h12-14,17H,5-11,16H2,1-4H3. The molecule has 102 valence electrons. The third kappa shape index (κ3) is 4.59. The Kier molecular flexibility index (Phi) is 5.94. The van der Waals surface area contributed by atoms with Gasteiger partial charge in [-0.15, -0.1) is 0 Å². The molecule has 1 fully saturated rings. The van der Waals surface area contributed by atoms with Crippen molar-refractivity contribution in [2.75, 3.05) is 0 Å². The zero-order chi connectivity index (χ0) is 12.9. The molecule has 2 nitrogen and oxygen atoms in total. The molecule has 0 aliphatic heterocycles. The minimum Gasteiger partial charge on any atom is -0.271 e. The average Bonchev–Trinajstić information content (AvgIpc) is 2.32. The summed E-state index contributed by atoms with van der Waals surface area (Å²) in [5, 5.41) is 0. The Labute approximate surface area is 108 Å². The molecule has 0 radical (unpaired) electrons. The van der Waals surface area contributed by atoms with Crippen molar-refractivity contribution in [2.24, 2.45) is 23.1 Å². The van der Waals surface area contributed by atoms with Crippen LogP contribution in [0.25, 0.3) is 0 Å². The average molecular weight is 240 g/mol. The lowest BCUT2D eigenvalue weighted by molar-refractivity contribution is 0.148.